The Bertz CT molecular complexity index is 325. The van der Waals surface area contributed by atoms with Crippen LogP contribution in [0.25, 0.3) is 0 Å². The average Bonchev–Trinajstić information content (AvgIpc) is 2.17. The first-order valence-electron chi connectivity index (χ1n) is 5.28. The highest BCUT2D eigenvalue weighted by Crippen LogP contribution is 2.14. The molecule has 2 nitrogen and oxygen atoms in total. The fourth-order valence-corrected chi connectivity index (χ4v) is 1.43. The number of ketones is 1. The highest BCUT2D eigenvalue weighted by molar-refractivity contribution is 5.97. The van der Waals surface area contributed by atoms with E-state index in [1.807, 2.05) is 43.3 Å². The Morgan fingerprint density at radius 1 is 1.20 bits per heavy atom. The summed E-state index contributed by atoms with van der Waals surface area (Å²) < 4.78 is 0. The molecule has 1 aromatic carbocycles. The monoisotopic (exact) mass is 205 g/mol. The van der Waals surface area contributed by atoms with E-state index in [2.05, 4.69) is 13.8 Å². The zero-order chi connectivity index (χ0) is 11.4. The standard InChI is InChI=1S/C13H19NO/c1-10(2)11-5-7-12(8-6-11)13(15)9-14(3)4/h5-8,10H,9H2,1-4H3. The SMILES string of the molecule is CC(C)c1ccc(C(=O)CN(C)C)cc1. The summed E-state index contributed by atoms with van der Waals surface area (Å²) in [7, 11) is 3.81. The third-order valence-corrected chi connectivity index (χ3v) is 2.36. The summed E-state index contributed by atoms with van der Waals surface area (Å²) in [6.07, 6.45) is 0. The highest BCUT2D eigenvalue weighted by atomic mass is 16.1. The van der Waals surface area contributed by atoms with Crippen molar-refractivity contribution in [2.24, 2.45) is 0 Å². The molecule has 0 aliphatic carbocycles. The van der Waals surface area contributed by atoms with Crippen molar-refractivity contribution in [1.29, 1.82) is 0 Å². The second-order valence-corrected chi connectivity index (χ2v) is 4.44. The van der Waals surface area contributed by atoms with E-state index in [9.17, 15) is 4.79 Å². The Balaban J connectivity index is 2.75. The Morgan fingerprint density at radius 3 is 2.13 bits per heavy atom. The largest absolute Gasteiger partial charge is 0.302 e. The lowest BCUT2D eigenvalue weighted by atomic mass is 10.0. The predicted molar refractivity (Wildman–Crippen MR) is 63.4 cm³/mol. The molecular formula is C13H19NO. The van der Waals surface area contributed by atoms with Crippen molar-refractivity contribution in [2.45, 2.75) is 19.8 Å². The summed E-state index contributed by atoms with van der Waals surface area (Å²) in [5.41, 5.74) is 2.07. The molecule has 0 aromatic heterocycles. The Labute approximate surface area is 91.9 Å². The molecule has 0 radical (unpaired) electrons. The Morgan fingerprint density at radius 2 is 1.73 bits per heavy atom. The van der Waals surface area contributed by atoms with Crippen molar-refractivity contribution in [1.82, 2.24) is 4.90 Å². The predicted octanol–water partition coefficient (Wildman–Crippen LogP) is 2.55. The molecule has 0 amide bonds. The van der Waals surface area contributed by atoms with Crippen molar-refractivity contribution in [3.63, 3.8) is 0 Å². The first-order valence-corrected chi connectivity index (χ1v) is 5.28. The highest BCUT2D eigenvalue weighted by Gasteiger charge is 2.07. The second kappa shape index (κ2) is 5.08. The maximum atomic E-state index is 11.7. The number of carbonyl (C=O) groups is 1. The molecule has 0 N–H and O–H groups in total. The van der Waals surface area contributed by atoms with Gasteiger partial charge in [-0.3, -0.25) is 4.79 Å². The van der Waals surface area contributed by atoms with Gasteiger partial charge in [0.2, 0.25) is 0 Å². The van der Waals surface area contributed by atoms with Crippen LogP contribution < -0.4 is 0 Å². The maximum absolute atomic E-state index is 11.7. The number of rotatable bonds is 4. The van der Waals surface area contributed by atoms with Crippen molar-refractivity contribution in [3.05, 3.63) is 35.4 Å². The summed E-state index contributed by atoms with van der Waals surface area (Å²) in [6, 6.07) is 7.91. The number of nitrogens with zero attached hydrogens (tertiary/aromatic N) is 1. The van der Waals surface area contributed by atoms with Crippen LogP contribution in [0.1, 0.15) is 35.7 Å². The molecule has 0 fully saturated rings. The van der Waals surface area contributed by atoms with E-state index in [1.165, 1.54) is 5.56 Å². The summed E-state index contributed by atoms with van der Waals surface area (Å²) in [6.45, 7) is 4.77. The van der Waals surface area contributed by atoms with Gasteiger partial charge in [-0.05, 0) is 25.6 Å². The molecule has 15 heavy (non-hydrogen) atoms. The van der Waals surface area contributed by atoms with Crippen molar-refractivity contribution < 1.29 is 4.79 Å². The van der Waals surface area contributed by atoms with Gasteiger partial charge in [-0.1, -0.05) is 38.1 Å². The van der Waals surface area contributed by atoms with Crippen molar-refractivity contribution in [3.8, 4) is 0 Å². The number of Topliss-reactive ketones (excluding diaryl/α,β-unsaturated/α-hetero) is 1. The second-order valence-electron chi connectivity index (χ2n) is 4.44. The Hall–Kier alpha value is -1.15. The van der Waals surface area contributed by atoms with E-state index < -0.39 is 0 Å². The molecule has 0 saturated carbocycles. The minimum absolute atomic E-state index is 0.176. The summed E-state index contributed by atoms with van der Waals surface area (Å²) in [5.74, 6) is 0.693. The van der Waals surface area contributed by atoms with Gasteiger partial charge in [-0.25, -0.2) is 0 Å². The van der Waals surface area contributed by atoms with Crippen LogP contribution in [0.4, 0.5) is 0 Å². The fourth-order valence-electron chi connectivity index (χ4n) is 1.43. The summed E-state index contributed by atoms with van der Waals surface area (Å²) in [4.78, 5) is 13.6. The minimum atomic E-state index is 0.176. The van der Waals surface area contributed by atoms with E-state index in [0.717, 1.165) is 5.56 Å². The van der Waals surface area contributed by atoms with E-state index in [1.54, 1.807) is 0 Å². The van der Waals surface area contributed by atoms with Gasteiger partial charge in [0.15, 0.2) is 5.78 Å². The van der Waals surface area contributed by atoms with Crippen molar-refractivity contribution in [2.75, 3.05) is 20.6 Å². The number of carbonyl (C=O) groups excluding carboxylic acids is 1. The number of hydrogen-bond donors (Lipinski definition) is 0. The van der Waals surface area contributed by atoms with Gasteiger partial charge in [-0.2, -0.15) is 0 Å². The van der Waals surface area contributed by atoms with E-state index >= 15 is 0 Å². The van der Waals surface area contributed by atoms with Crippen LogP contribution in [0.5, 0.6) is 0 Å². The van der Waals surface area contributed by atoms with Gasteiger partial charge in [-0.15, -0.1) is 0 Å². The molecule has 1 rings (SSSR count). The van der Waals surface area contributed by atoms with Crippen LogP contribution in [0.2, 0.25) is 0 Å². The summed E-state index contributed by atoms with van der Waals surface area (Å²) in [5, 5.41) is 0. The minimum Gasteiger partial charge on any atom is -0.302 e. The van der Waals surface area contributed by atoms with Gasteiger partial charge >= 0.3 is 0 Å². The number of likely N-dealkylation sites (N-methyl/N-ethyl adjacent to an activating group) is 1. The molecule has 82 valence electrons. The van der Waals surface area contributed by atoms with Crippen LogP contribution in [0.3, 0.4) is 0 Å². The van der Waals surface area contributed by atoms with Crippen molar-refractivity contribution >= 4 is 5.78 Å². The van der Waals surface area contributed by atoms with E-state index in [4.69, 9.17) is 0 Å². The third kappa shape index (κ3) is 3.48. The first kappa shape index (κ1) is 11.9. The van der Waals surface area contributed by atoms with Gasteiger partial charge in [0.05, 0.1) is 6.54 Å². The molecule has 0 aliphatic heterocycles. The molecule has 0 spiro atoms. The van der Waals surface area contributed by atoms with Gasteiger partial charge in [0, 0.05) is 5.56 Å². The zero-order valence-corrected chi connectivity index (χ0v) is 9.95. The van der Waals surface area contributed by atoms with Crippen LogP contribution in [-0.2, 0) is 0 Å². The lowest BCUT2D eigenvalue weighted by molar-refractivity contribution is 0.0958. The van der Waals surface area contributed by atoms with E-state index in [0.29, 0.717) is 12.5 Å². The van der Waals surface area contributed by atoms with Gasteiger partial charge in [0.1, 0.15) is 0 Å². The third-order valence-electron chi connectivity index (χ3n) is 2.36. The number of benzene rings is 1. The fraction of sp³-hybridized carbons (Fsp3) is 0.462. The number of hydrogen-bond acceptors (Lipinski definition) is 2. The van der Waals surface area contributed by atoms with Gasteiger partial charge < -0.3 is 4.90 Å². The summed E-state index contributed by atoms with van der Waals surface area (Å²) >= 11 is 0. The van der Waals surface area contributed by atoms with Crippen LogP contribution >= 0.6 is 0 Å². The van der Waals surface area contributed by atoms with Crippen LogP contribution in [0.15, 0.2) is 24.3 Å². The molecule has 0 atom stereocenters. The lowest BCUT2D eigenvalue weighted by Crippen LogP contribution is -2.21. The quantitative estimate of drug-likeness (QED) is 0.704. The molecule has 0 aliphatic rings. The molecule has 2 heteroatoms. The molecule has 0 unspecified atom stereocenters. The maximum Gasteiger partial charge on any atom is 0.176 e. The van der Waals surface area contributed by atoms with Crippen LogP contribution in [0, 0.1) is 0 Å². The molecule has 0 heterocycles. The normalized spacial score (nSPS) is 11.1. The molecule has 1 aromatic rings. The lowest BCUT2D eigenvalue weighted by Gasteiger charge is -2.09. The Kier molecular flexibility index (Phi) is 4.04. The van der Waals surface area contributed by atoms with Gasteiger partial charge in [0.25, 0.3) is 0 Å². The zero-order valence-electron chi connectivity index (χ0n) is 9.95. The van der Waals surface area contributed by atoms with E-state index in [-0.39, 0.29) is 5.78 Å². The average molecular weight is 205 g/mol. The van der Waals surface area contributed by atoms with Crippen LogP contribution in [-0.4, -0.2) is 31.3 Å². The first-order chi connectivity index (χ1) is 7.00. The molecule has 0 saturated heterocycles. The molecule has 0 bridgehead atoms. The molecular weight excluding hydrogens is 186 g/mol. The topological polar surface area (TPSA) is 20.3 Å². The smallest absolute Gasteiger partial charge is 0.176 e.